The van der Waals surface area contributed by atoms with Gasteiger partial charge in [-0.15, -0.1) is 0 Å². The number of carbonyl (C=O) groups excluding carboxylic acids is 3. The zero-order valence-corrected chi connectivity index (χ0v) is 18.9. The minimum atomic E-state index is -1.22. The van der Waals surface area contributed by atoms with E-state index in [9.17, 15) is 19.2 Å². The van der Waals surface area contributed by atoms with Gasteiger partial charge in [-0.1, -0.05) is 18.7 Å². The van der Waals surface area contributed by atoms with Crippen molar-refractivity contribution in [2.75, 3.05) is 20.7 Å². The van der Waals surface area contributed by atoms with Gasteiger partial charge in [-0.25, -0.2) is 4.79 Å². The molecule has 32 heavy (non-hydrogen) atoms. The minimum absolute atomic E-state index is 0.0875. The number of H-pyrrole nitrogens is 1. The molecule has 1 aromatic rings. The summed E-state index contributed by atoms with van der Waals surface area (Å²) in [6.45, 7) is 7.17. The summed E-state index contributed by atoms with van der Waals surface area (Å²) in [4.78, 5) is 52.1. The molecule has 10 nitrogen and oxygen atoms in total. The first-order valence-corrected chi connectivity index (χ1v) is 10.1. The lowest BCUT2D eigenvalue weighted by molar-refractivity contribution is -0.153. The molecule has 0 bridgehead atoms. The van der Waals surface area contributed by atoms with Crippen LogP contribution in [0.1, 0.15) is 43.5 Å². The predicted molar refractivity (Wildman–Crippen MR) is 120 cm³/mol. The number of carboxylic acids is 1. The summed E-state index contributed by atoms with van der Waals surface area (Å²) in [5.41, 5.74) is 8.60. The maximum Gasteiger partial charge on any atom is 0.329 e. The third-order valence-corrected chi connectivity index (χ3v) is 4.65. The van der Waals surface area contributed by atoms with Crippen molar-refractivity contribution in [1.82, 2.24) is 15.2 Å². The molecular formula is C22H32N4O6. The van der Waals surface area contributed by atoms with Crippen LogP contribution in [0.2, 0.25) is 0 Å². The smallest absolute Gasteiger partial charge is 0.329 e. The normalized spacial score (nSPS) is 12.8. The van der Waals surface area contributed by atoms with Crippen molar-refractivity contribution < 1.29 is 29.0 Å². The van der Waals surface area contributed by atoms with E-state index < -0.39 is 42.4 Å². The van der Waals surface area contributed by atoms with Gasteiger partial charge in [0.15, 0.2) is 6.61 Å². The first kappa shape index (κ1) is 26.6. The second kappa shape index (κ2) is 12.5. The number of esters is 1. The number of aromatic nitrogens is 1. The van der Waals surface area contributed by atoms with Gasteiger partial charge in [0.1, 0.15) is 12.1 Å². The van der Waals surface area contributed by atoms with Crippen molar-refractivity contribution in [2.45, 2.75) is 45.2 Å². The van der Waals surface area contributed by atoms with Crippen molar-refractivity contribution in [3.8, 4) is 0 Å². The quantitative estimate of drug-likeness (QED) is 0.347. The standard InChI is InChI=1S/C22H32N4O6/c1-6-7-15-14(11-24-20(15)13(2)3)10-17(22(31)32-12-19(28)26(4)5)25-18(27)9-8-16(23)21(29)30/h6-7,11,16-17,24H,2,8-10,12,23H2,1,3-5H3,(H,25,27)(H,29,30). The van der Waals surface area contributed by atoms with Crippen molar-refractivity contribution in [3.05, 3.63) is 35.7 Å². The highest BCUT2D eigenvalue weighted by atomic mass is 16.5. The summed E-state index contributed by atoms with van der Waals surface area (Å²) in [6, 6.07) is -2.27. The predicted octanol–water partition coefficient (Wildman–Crippen LogP) is 0.932. The van der Waals surface area contributed by atoms with Crippen molar-refractivity contribution in [3.63, 3.8) is 0 Å². The van der Waals surface area contributed by atoms with Crippen molar-refractivity contribution >= 4 is 35.4 Å². The molecule has 1 rings (SSSR count). The van der Waals surface area contributed by atoms with Gasteiger partial charge in [-0.05, 0) is 31.4 Å². The Morgan fingerprint density at radius 2 is 2.00 bits per heavy atom. The molecular weight excluding hydrogens is 416 g/mol. The summed E-state index contributed by atoms with van der Waals surface area (Å²) in [5.74, 6) is -2.95. The van der Waals surface area contributed by atoms with Gasteiger partial charge >= 0.3 is 11.9 Å². The summed E-state index contributed by atoms with van der Waals surface area (Å²) in [6.07, 6.45) is 5.25. The monoisotopic (exact) mass is 448 g/mol. The van der Waals surface area contributed by atoms with Crippen LogP contribution in [0.4, 0.5) is 0 Å². The molecule has 0 spiro atoms. The number of nitrogens with zero attached hydrogens (tertiary/aromatic N) is 1. The highest BCUT2D eigenvalue weighted by molar-refractivity contribution is 5.87. The first-order chi connectivity index (χ1) is 15.0. The number of nitrogens with one attached hydrogen (secondary N) is 2. The number of amides is 2. The maximum absolute atomic E-state index is 12.7. The van der Waals surface area contributed by atoms with E-state index in [4.69, 9.17) is 15.6 Å². The van der Waals surface area contributed by atoms with Crippen LogP contribution in [0.25, 0.3) is 11.6 Å². The number of carboxylic acid groups (broad SMARTS) is 1. The lowest BCUT2D eigenvalue weighted by Crippen LogP contribution is -2.45. The Morgan fingerprint density at radius 1 is 1.34 bits per heavy atom. The number of rotatable bonds is 12. The Bertz CT molecular complexity index is 887. The largest absolute Gasteiger partial charge is 0.480 e. The van der Waals surface area contributed by atoms with Gasteiger partial charge in [0.2, 0.25) is 5.91 Å². The molecule has 5 N–H and O–H groups in total. The van der Waals surface area contributed by atoms with E-state index in [1.807, 2.05) is 26.0 Å². The number of aromatic amines is 1. The summed E-state index contributed by atoms with van der Waals surface area (Å²) < 4.78 is 5.11. The van der Waals surface area contributed by atoms with Crippen LogP contribution >= 0.6 is 0 Å². The third kappa shape index (κ3) is 8.03. The zero-order chi connectivity index (χ0) is 24.4. The van der Waals surface area contributed by atoms with Crippen LogP contribution in [0.15, 0.2) is 18.9 Å². The molecule has 1 heterocycles. The average Bonchev–Trinajstić information content (AvgIpc) is 3.12. The molecule has 1 aromatic heterocycles. The topological polar surface area (TPSA) is 155 Å². The molecule has 0 radical (unpaired) electrons. The molecule has 2 amide bonds. The zero-order valence-electron chi connectivity index (χ0n) is 18.9. The number of likely N-dealkylation sites (N-methyl/N-ethyl adjacent to an activating group) is 1. The summed E-state index contributed by atoms with van der Waals surface area (Å²) >= 11 is 0. The lowest BCUT2D eigenvalue weighted by atomic mass is 10.0. The first-order valence-electron chi connectivity index (χ1n) is 10.1. The molecule has 2 unspecified atom stereocenters. The number of hydrogen-bond acceptors (Lipinski definition) is 6. The van der Waals surface area contributed by atoms with E-state index in [2.05, 4.69) is 16.9 Å². The molecule has 0 aliphatic heterocycles. The van der Waals surface area contributed by atoms with Gasteiger partial charge in [0, 0.05) is 44.4 Å². The van der Waals surface area contributed by atoms with E-state index in [0.717, 1.165) is 22.4 Å². The molecule has 2 atom stereocenters. The number of nitrogens with two attached hydrogens (primary N) is 1. The molecule has 0 aromatic carbocycles. The highest BCUT2D eigenvalue weighted by Crippen LogP contribution is 2.23. The van der Waals surface area contributed by atoms with Crippen LogP contribution in [0.3, 0.4) is 0 Å². The van der Waals surface area contributed by atoms with Gasteiger partial charge in [0.05, 0.1) is 0 Å². The van der Waals surface area contributed by atoms with Gasteiger partial charge in [-0.2, -0.15) is 0 Å². The Morgan fingerprint density at radius 3 is 2.53 bits per heavy atom. The van der Waals surface area contributed by atoms with Gasteiger partial charge in [0.25, 0.3) is 5.91 Å². The third-order valence-electron chi connectivity index (χ3n) is 4.65. The Hall–Kier alpha value is -3.40. The Labute approximate surface area is 187 Å². The molecule has 10 heteroatoms. The number of carbonyl (C=O) groups is 4. The molecule has 0 aliphatic carbocycles. The molecule has 0 saturated carbocycles. The minimum Gasteiger partial charge on any atom is -0.480 e. The summed E-state index contributed by atoms with van der Waals surface area (Å²) in [5, 5.41) is 11.4. The number of allylic oxidation sites excluding steroid dienone is 2. The van der Waals surface area contributed by atoms with Crippen LogP contribution in [0, 0.1) is 0 Å². The second-order valence-electron chi connectivity index (χ2n) is 7.59. The van der Waals surface area contributed by atoms with E-state index in [1.165, 1.54) is 19.0 Å². The van der Waals surface area contributed by atoms with Crippen LogP contribution in [-0.4, -0.2) is 71.5 Å². The summed E-state index contributed by atoms with van der Waals surface area (Å²) in [7, 11) is 3.06. The van der Waals surface area contributed by atoms with Gasteiger partial charge in [-0.3, -0.25) is 14.4 Å². The van der Waals surface area contributed by atoms with Crippen molar-refractivity contribution in [2.24, 2.45) is 5.73 Å². The molecule has 0 fully saturated rings. The van der Waals surface area contributed by atoms with E-state index in [-0.39, 0.29) is 19.3 Å². The average molecular weight is 449 g/mol. The Kier molecular flexibility index (Phi) is 10.4. The van der Waals surface area contributed by atoms with Crippen LogP contribution in [-0.2, 0) is 30.3 Å². The molecule has 176 valence electrons. The number of ether oxygens (including phenoxy) is 1. The van der Waals surface area contributed by atoms with Crippen molar-refractivity contribution in [1.29, 1.82) is 0 Å². The van der Waals surface area contributed by atoms with E-state index in [1.54, 1.807) is 6.20 Å². The van der Waals surface area contributed by atoms with Gasteiger partial charge < -0.3 is 30.8 Å². The Balaban J connectivity index is 3.05. The molecule has 0 aliphatic rings. The van der Waals surface area contributed by atoms with Crippen LogP contribution in [0.5, 0.6) is 0 Å². The maximum atomic E-state index is 12.7. The second-order valence-corrected chi connectivity index (χ2v) is 7.59. The fourth-order valence-corrected chi connectivity index (χ4v) is 2.81. The molecule has 0 saturated heterocycles. The fraction of sp³-hybridized carbons (Fsp3) is 0.455. The SMILES string of the molecule is C=C(C)c1[nH]cc(CC(NC(=O)CCC(N)C(=O)O)C(=O)OCC(=O)N(C)C)c1C=CC. The van der Waals surface area contributed by atoms with E-state index >= 15 is 0 Å². The fourth-order valence-electron chi connectivity index (χ4n) is 2.81. The number of aliphatic carboxylic acids is 1. The van der Waals surface area contributed by atoms with Crippen LogP contribution < -0.4 is 11.1 Å². The number of hydrogen-bond donors (Lipinski definition) is 4. The van der Waals surface area contributed by atoms with E-state index in [0.29, 0.717) is 0 Å². The highest BCUT2D eigenvalue weighted by Gasteiger charge is 2.26. The lowest BCUT2D eigenvalue weighted by Gasteiger charge is -2.19.